The predicted molar refractivity (Wildman–Crippen MR) is 212 cm³/mol. The number of benzene rings is 4. The molecule has 4 aromatic carbocycles. The second kappa shape index (κ2) is 15.0. The Morgan fingerprint density at radius 2 is 1.00 bits per heavy atom. The minimum absolute atomic E-state index is 0.213. The molecule has 1 heterocycles. The third-order valence-electron chi connectivity index (χ3n) is 9.98. The van der Waals surface area contributed by atoms with Crippen molar-refractivity contribution in [3.05, 3.63) is 121 Å². The number of piperidine rings is 1. The van der Waals surface area contributed by atoms with E-state index in [-0.39, 0.29) is 28.3 Å². The number of likely N-dealkylation sites (tertiary alicyclic amines) is 1. The third kappa shape index (κ3) is 7.71. The summed E-state index contributed by atoms with van der Waals surface area (Å²) in [6, 6.07) is 42.6. The predicted octanol–water partition coefficient (Wildman–Crippen LogP) is 7.91. The largest absolute Gasteiger partial charge is 0.444 e. The van der Waals surface area contributed by atoms with Crippen molar-refractivity contribution in [1.29, 1.82) is 0 Å². The van der Waals surface area contributed by atoms with E-state index in [9.17, 15) is 4.79 Å². The van der Waals surface area contributed by atoms with E-state index in [0.717, 1.165) is 12.8 Å². The van der Waals surface area contributed by atoms with E-state index < -0.39 is 22.2 Å². The Kier molecular flexibility index (Phi) is 11.3. The zero-order chi connectivity index (χ0) is 36.2. The van der Waals surface area contributed by atoms with Crippen LogP contribution in [0.15, 0.2) is 121 Å². The summed E-state index contributed by atoms with van der Waals surface area (Å²) in [5, 5.41) is 4.44. The molecule has 0 unspecified atom stereocenters. The van der Waals surface area contributed by atoms with Crippen molar-refractivity contribution in [2.24, 2.45) is 0 Å². The third-order valence-corrected chi connectivity index (χ3v) is 20.0. The van der Waals surface area contributed by atoms with Gasteiger partial charge in [0.1, 0.15) is 5.60 Å². The molecule has 0 N–H and O–H groups in total. The van der Waals surface area contributed by atoms with Gasteiger partial charge in [0.15, 0.2) is 0 Å². The number of hydrogen-bond donors (Lipinski definition) is 0. The summed E-state index contributed by atoms with van der Waals surface area (Å²) in [5.74, 6) is 0. The van der Waals surface area contributed by atoms with Gasteiger partial charge in [-0.2, -0.15) is 0 Å². The summed E-state index contributed by atoms with van der Waals surface area (Å²) in [4.78, 5) is 16.1. The smallest absolute Gasteiger partial charge is 0.410 e. The fourth-order valence-corrected chi connectivity index (χ4v) is 17.1. The van der Waals surface area contributed by atoms with E-state index in [4.69, 9.17) is 13.6 Å². The molecule has 1 saturated heterocycles. The monoisotopic (exact) mass is 707 g/mol. The van der Waals surface area contributed by atoms with Gasteiger partial charge in [-0.3, -0.25) is 0 Å². The Labute approximate surface area is 303 Å². The number of ether oxygens (including phenoxy) is 1. The van der Waals surface area contributed by atoms with Crippen LogP contribution in [-0.4, -0.2) is 58.5 Å². The van der Waals surface area contributed by atoms with Gasteiger partial charge < -0.3 is 18.5 Å². The first-order valence-corrected chi connectivity index (χ1v) is 22.0. The lowest BCUT2D eigenvalue weighted by Gasteiger charge is -2.50. The van der Waals surface area contributed by atoms with Gasteiger partial charge in [-0.05, 0) is 64.4 Å². The van der Waals surface area contributed by atoms with Crippen molar-refractivity contribution in [1.82, 2.24) is 4.90 Å². The summed E-state index contributed by atoms with van der Waals surface area (Å²) >= 11 is 0. The molecule has 266 valence electrons. The van der Waals surface area contributed by atoms with Gasteiger partial charge in [-0.15, -0.1) is 0 Å². The van der Waals surface area contributed by atoms with Crippen molar-refractivity contribution in [3.8, 4) is 0 Å². The van der Waals surface area contributed by atoms with Gasteiger partial charge in [0, 0.05) is 6.54 Å². The van der Waals surface area contributed by atoms with Crippen molar-refractivity contribution in [2.75, 3.05) is 13.2 Å². The van der Waals surface area contributed by atoms with Crippen molar-refractivity contribution >= 4 is 43.5 Å². The summed E-state index contributed by atoms with van der Waals surface area (Å²) in [6.45, 7) is 20.5. The van der Waals surface area contributed by atoms with Gasteiger partial charge in [0.25, 0.3) is 16.6 Å². The van der Waals surface area contributed by atoms with Crippen LogP contribution >= 0.6 is 0 Å². The molecule has 2 atom stereocenters. The Morgan fingerprint density at radius 3 is 1.36 bits per heavy atom. The Balaban J connectivity index is 1.67. The highest BCUT2D eigenvalue weighted by Gasteiger charge is 2.55. The first-order chi connectivity index (χ1) is 23.6. The maximum absolute atomic E-state index is 14.1. The maximum atomic E-state index is 14.1. The highest BCUT2D eigenvalue weighted by atomic mass is 28.4. The summed E-state index contributed by atoms with van der Waals surface area (Å²) in [6.07, 6.45) is 1.04. The van der Waals surface area contributed by atoms with Crippen LogP contribution in [0.25, 0.3) is 0 Å². The van der Waals surface area contributed by atoms with Crippen LogP contribution in [0.5, 0.6) is 0 Å². The van der Waals surface area contributed by atoms with Crippen LogP contribution < -0.4 is 20.7 Å². The van der Waals surface area contributed by atoms with Gasteiger partial charge >= 0.3 is 6.09 Å². The van der Waals surface area contributed by atoms with Gasteiger partial charge in [0.05, 0.1) is 18.8 Å². The lowest BCUT2D eigenvalue weighted by molar-refractivity contribution is -0.0304. The number of nitrogens with zero attached hydrogens (tertiary/aromatic N) is 1. The van der Waals surface area contributed by atoms with Crippen LogP contribution in [0.3, 0.4) is 0 Å². The topological polar surface area (TPSA) is 48.0 Å². The molecule has 0 radical (unpaired) electrons. The van der Waals surface area contributed by atoms with E-state index in [1.54, 1.807) is 0 Å². The molecule has 0 aliphatic carbocycles. The van der Waals surface area contributed by atoms with Gasteiger partial charge in [-0.25, -0.2) is 4.79 Å². The first-order valence-electron chi connectivity index (χ1n) is 18.1. The molecule has 1 amide bonds. The molecule has 0 bridgehead atoms. The molecule has 1 aliphatic heterocycles. The van der Waals surface area contributed by atoms with Gasteiger partial charge in [0.2, 0.25) is 0 Å². The number of rotatable bonds is 9. The number of hydrogen-bond acceptors (Lipinski definition) is 4. The molecule has 0 saturated carbocycles. The SMILES string of the molecule is CC(C)(C)OC(=O)N1CCC[C@H](O[Si](c2ccccc2)(c2ccccc2)C(C)(C)C)[C@@H]1CO[Si](c1ccccc1)(c1ccccc1)C(C)(C)C. The summed E-state index contributed by atoms with van der Waals surface area (Å²) in [7, 11) is -5.87. The molecular formula is C43H57NO4Si2. The average Bonchev–Trinajstić information content (AvgIpc) is 3.07. The molecule has 5 rings (SSSR count). The highest BCUT2D eigenvalue weighted by molar-refractivity contribution is 7.00. The molecule has 0 aromatic heterocycles. The van der Waals surface area contributed by atoms with Crippen LogP contribution in [-0.2, 0) is 13.6 Å². The first kappa shape index (κ1) is 37.8. The van der Waals surface area contributed by atoms with Crippen LogP contribution in [0.1, 0.15) is 75.2 Å². The van der Waals surface area contributed by atoms with Crippen LogP contribution in [0, 0.1) is 0 Å². The Bertz CT molecular complexity index is 1580. The molecule has 5 nitrogen and oxygen atoms in total. The van der Waals surface area contributed by atoms with E-state index in [1.807, 2.05) is 25.7 Å². The quantitative estimate of drug-likeness (QED) is 0.166. The molecule has 1 fully saturated rings. The maximum Gasteiger partial charge on any atom is 0.410 e. The second-order valence-corrected chi connectivity index (χ2v) is 25.2. The zero-order valence-corrected chi connectivity index (χ0v) is 33.6. The number of carbonyl (C=O) groups is 1. The average molecular weight is 708 g/mol. The molecule has 7 heteroatoms. The van der Waals surface area contributed by atoms with Crippen LogP contribution in [0.2, 0.25) is 10.1 Å². The van der Waals surface area contributed by atoms with E-state index in [2.05, 4.69) is 163 Å². The molecule has 1 aliphatic rings. The normalized spacial score (nSPS) is 17.7. The molecular weight excluding hydrogens is 651 g/mol. The van der Waals surface area contributed by atoms with Crippen LogP contribution in [0.4, 0.5) is 4.79 Å². The number of amides is 1. The van der Waals surface area contributed by atoms with Crippen molar-refractivity contribution in [3.63, 3.8) is 0 Å². The summed E-state index contributed by atoms with van der Waals surface area (Å²) in [5.41, 5.74) is -0.633. The van der Waals surface area contributed by atoms with E-state index in [0.29, 0.717) is 13.2 Å². The lowest BCUT2D eigenvalue weighted by atomic mass is 10.00. The Morgan fingerprint density at radius 1 is 0.620 bits per heavy atom. The molecule has 0 spiro atoms. The fraction of sp³-hybridized carbons (Fsp3) is 0.419. The van der Waals surface area contributed by atoms with E-state index in [1.165, 1.54) is 20.7 Å². The highest BCUT2D eigenvalue weighted by Crippen LogP contribution is 2.41. The molecule has 50 heavy (non-hydrogen) atoms. The molecule has 4 aromatic rings. The number of carbonyl (C=O) groups excluding carboxylic acids is 1. The lowest BCUT2D eigenvalue weighted by Crippen LogP contribution is -2.71. The van der Waals surface area contributed by atoms with Crippen molar-refractivity contribution in [2.45, 2.75) is 103 Å². The minimum Gasteiger partial charge on any atom is -0.444 e. The zero-order valence-electron chi connectivity index (χ0n) is 31.6. The Hall–Kier alpha value is -3.50. The second-order valence-electron chi connectivity index (χ2n) is 16.7. The summed E-state index contributed by atoms with van der Waals surface area (Å²) < 4.78 is 21.5. The van der Waals surface area contributed by atoms with Gasteiger partial charge in [-0.1, -0.05) is 163 Å². The fourth-order valence-electron chi connectivity index (χ4n) is 7.79. The standard InChI is InChI=1S/C43H57NO4Si2/c1-41(2,3)47-40(45)44-32-22-31-39(48-50(43(7,8)9,36-27-18-12-19-28-36)37-29-20-13-21-30-37)38(44)33-46-49(42(4,5)6,34-23-14-10-15-24-34)35-25-16-11-17-26-35/h10-21,23-30,38-39H,22,31-33H2,1-9H3/t38-,39-/m0/s1. The minimum atomic E-state index is -2.95. The van der Waals surface area contributed by atoms with Crippen molar-refractivity contribution < 1.29 is 18.4 Å². The van der Waals surface area contributed by atoms with E-state index >= 15 is 0 Å².